The van der Waals surface area contributed by atoms with E-state index in [-0.39, 0.29) is 6.10 Å². The van der Waals surface area contributed by atoms with Gasteiger partial charge in [0.15, 0.2) is 0 Å². The summed E-state index contributed by atoms with van der Waals surface area (Å²) in [6.45, 7) is 0. The molecular formula is C5H7ClO. The van der Waals surface area contributed by atoms with E-state index < -0.39 is 0 Å². The Bertz CT molecular complexity index is 98.3. The van der Waals surface area contributed by atoms with E-state index >= 15 is 0 Å². The predicted molar refractivity (Wildman–Crippen MR) is 29.2 cm³/mol. The van der Waals surface area contributed by atoms with Crippen LogP contribution in [0.25, 0.3) is 0 Å². The van der Waals surface area contributed by atoms with Crippen molar-refractivity contribution in [1.29, 1.82) is 0 Å². The molecule has 0 radical (unpaired) electrons. The highest BCUT2D eigenvalue weighted by atomic mass is 35.5. The van der Waals surface area contributed by atoms with Crippen molar-refractivity contribution in [1.82, 2.24) is 0 Å². The van der Waals surface area contributed by atoms with Crippen molar-refractivity contribution in [3.63, 3.8) is 0 Å². The van der Waals surface area contributed by atoms with Gasteiger partial charge in [0.1, 0.15) is 0 Å². The maximum Gasteiger partial charge on any atom is 0.0895 e. The Morgan fingerprint density at radius 2 is 2.57 bits per heavy atom. The van der Waals surface area contributed by atoms with Crippen LogP contribution in [0.2, 0.25) is 0 Å². The normalized spacial score (nSPS) is 30.6. The molecule has 1 N–H and O–H groups in total. The van der Waals surface area contributed by atoms with Crippen molar-refractivity contribution >= 4 is 11.6 Å². The van der Waals surface area contributed by atoms with Crippen molar-refractivity contribution in [3.8, 4) is 0 Å². The van der Waals surface area contributed by atoms with Crippen LogP contribution < -0.4 is 0 Å². The second-order valence-electron chi connectivity index (χ2n) is 1.68. The summed E-state index contributed by atoms with van der Waals surface area (Å²) in [4.78, 5) is 0. The first-order valence-corrected chi connectivity index (χ1v) is 2.72. The first-order chi connectivity index (χ1) is 3.30. The van der Waals surface area contributed by atoms with E-state index in [1.165, 1.54) is 0 Å². The van der Waals surface area contributed by atoms with Crippen LogP contribution in [0.3, 0.4) is 0 Å². The van der Waals surface area contributed by atoms with E-state index in [0.29, 0.717) is 5.03 Å². The molecule has 1 aliphatic carbocycles. The standard InChI is InChI=1S/C5H7ClO/c6-4-2-1-3-5(4)7/h2,5,7H,1,3H2. The van der Waals surface area contributed by atoms with Gasteiger partial charge in [-0.05, 0) is 12.8 Å². The van der Waals surface area contributed by atoms with E-state index in [1.54, 1.807) is 0 Å². The number of halogens is 1. The number of aliphatic hydroxyl groups is 1. The smallest absolute Gasteiger partial charge is 0.0895 e. The summed E-state index contributed by atoms with van der Waals surface area (Å²) >= 11 is 5.47. The maximum absolute atomic E-state index is 8.80. The molecule has 1 nitrogen and oxygen atoms in total. The van der Waals surface area contributed by atoms with Gasteiger partial charge in [-0.3, -0.25) is 0 Å². The van der Waals surface area contributed by atoms with E-state index in [2.05, 4.69) is 0 Å². The van der Waals surface area contributed by atoms with Gasteiger partial charge in [0.25, 0.3) is 0 Å². The van der Waals surface area contributed by atoms with Gasteiger partial charge >= 0.3 is 0 Å². The summed E-state index contributed by atoms with van der Waals surface area (Å²) < 4.78 is 0. The minimum absolute atomic E-state index is 0.360. The summed E-state index contributed by atoms with van der Waals surface area (Å²) in [7, 11) is 0. The third kappa shape index (κ3) is 0.956. The lowest BCUT2D eigenvalue weighted by Crippen LogP contribution is -1.98. The lowest BCUT2D eigenvalue weighted by molar-refractivity contribution is 0.219. The second kappa shape index (κ2) is 1.85. The van der Waals surface area contributed by atoms with Gasteiger partial charge in [-0.1, -0.05) is 17.7 Å². The molecule has 0 amide bonds. The molecule has 40 valence electrons. The van der Waals surface area contributed by atoms with Crippen LogP contribution >= 0.6 is 11.6 Å². The zero-order valence-corrected chi connectivity index (χ0v) is 4.65. The molecule has 0 aromatic carbocycles. The van der Waals surface area contributed by atoms with Crippen LogP contribution in [-0.4, -0.2) is 11.2 Å². The number of rotatable bonds is 0. The molecule has 0 fully saturated rings. The molecule has 0 bridgehead atoms. The fraction of sp³-hybridized carbons (Fsp3) is 0.600. The molecule has 0 saturated carbocycles. The van der Waals surface area contributed by atoms with Crippen molar-refractivity contribution in [2.75, 3.05) is 0 Å². The van der Waals surface area contributed by atoms with Gasteiger partial charge in [0.2, 0.25) is 0 Å². The zero-order valence-electron chi connectivity index (χ0n) is 3.89. The molecule has 0 saturated heterocycles. The van der Waals surface area contributed by atoms with E-state index in [0.717, 1.165) is 12.8 Å². The molecular weight excluding hydrogens is 112 g/mol. The zero-order chi connectivity index (χ0) is 5.28. The van der Waals surface area contributed by atoms with Crippen LogP contribution in [0, 0.1) is 0 Å². The van der Waals surface area contributed by atoms with Crippen LogP contribution in [0.5, 0.6) is 0 Å². The van der Waals surface area contributed by atoms with Crippen molar-refractivity contribution in [2.24, 2.45) is 0 Å². The molecule has 1 unspecified atom stereocenters. The molecule has 0 aliphatic heterocycles. The van der Waals surface area contributed by atoms with Crippen molar-refractivity contribution in [2.45, 2.75) is 18.9 Å². The van der Waals surface area contributed by atoms with Gasteiger partial charge < -0.3 is 5.11 Å². The Morgan fingerprint density at radius 1 is 1.86 bits per heavy atom. The SMILES string of the molecule is OC1CCC=C1Cl. The predicted octanol–water partition coefficient (Wildman–Crippen LogP) is 1.26. The van der Waals surface area contributed by atoms with Gasteiger partial charge in [0, 0.05) is 5.03 Å². The number of hydrogen-bond donors (Lipinski definition) is 1. The molecule has 0 spiro atoms. The first kappa shape index (κ1) is 5.13. The van der Waals surface area contributed by atoms with E-state index in [1.807, 2.05) is 6.08 Å². The number of aliphatic hydroxyl groups excluding tert-OH is 1. The quantitative estimate of drug-likeness (QED) is 0.508. The molecule has 1 rings (SSSR count). The molecule has 2 heteroatoms. The minimum Gasteiger partial charge on any atom is -0.388 e. The van der Waals surface area contributed by atoms with Crippen LogP contribution in [-0.2, 0) is 0 Å². The maximum atomic E-state index is 8.80. The summed E-state index contributed by atoms with van der Waals surface area (Å²) in [5.41, 5.74) is 0. The van der Waals surface area contributed by atoms with Crippen molar-refractivity contribution in [3.05, 3.63) is 11.1 Å². The lowest BCUT2D eigenvalue weighted by atomic mass is 10.3. The molecule has 1 atom stereocenters. The van der Waals surface area contributed by atoms with E-state index in [4.69, 9.17) is 16.7 Å². The largest absolute Gasteiger partial charge is 0.388 e. The van der Waals surface area contributed by atoms with Crippen LogP contribution in [0.4, 0.5) is 0 Å². The van der Waals surface area contributed by atoms with Crippen LogP contribution in [0.1, 0.15) is 12.8 Å². The van der Waals surface area contributed by atoms with Gasteiger partial charge in [-0.15, -0.1) is 0 Å². The van der Waals surface area contributed by atoms with Crippen LogP contribution in [0.15, 0.2) is 11.1 Å². The number of hydrogen-bond acceptors (Lipinski definition) is 1. The Kier molecular flexibility index (Phi) is 1.35. The highest BCUT2D eigenvalue weighted by Crippen LogP contribution is 2.20. The lowest BCUT2D eigenvalue weighted by Gasteiger charge is -1.95. The summed E-state index contributed by atoms with van der Waals surface area (Å²) in [6, 6.07) is 0. The molecule has 0 heterocycles. The molecule has 0 aromatic rings. The molecule has 0 aromatic heterocycles. The Labute approximate surface area is 47.6 Å². The fourth-order valence-electron chi connectivity index (χ4n) is 0.653. The van der Waals surface area contributed by atoms with Gasteiger partial charge in [-0.25, -0.2) is 0 Å². The third-order valence-corrected chi connectivity index (χ3v) is 1.50. The summed E-state index contributed by atoms with van der Waals surface area (Å²) in [6.07, 6.45) is 3.23. The summed E-state index contributed by atoms with van der Waals surface area (Å²) in [5.74, 6) is 0. The average Bonchev–Trinajstić information content (AvgIpc) is 1.91. The monoisotopic (exact) mass is 118 g/mol. The van der Waals surface area contributed by atoms with Gasteiger partial charge in [-0.2, -0.15) is 0 Å². The van der Waals surface area contributed by atoms with Crippen molar-refractivity contribution < 1.29 is 5.11 Å². The van der Waals surface area contributed by atoms with Gasteiger partial charge in [0.05, 0.1) is 6.10 Å². The van der Waals surface area contributed by atoms with E-state index in [9.17, 15) is 0 Å². The average molecular weight is 119 g/mol. The topological polar surface area (TPSA) is 20.2 Å². The second-order valence-corrected chi connectivity index (χ2v) is 2.12. The first-order valence-electron chi connectivity index (χ1n) is 2.34. The fourth-order valence-corrected chi connectivity index (χ4v) is 0.871. The molecule has 7 heavy (non-hydrogen) atoms. The minimum atomic E-state index is -0.360. The highest BCUT2D eigenvalue weighted by molar-refractivity contribution is 6.30. The Hall–Kier alpha value is -0.0100. The molecule has 1 aliphatic rings. The Balaban J connectivity index is 2.54. The number of allylic oxidation sites excluding steroid dienone is 1. The third-order valence-electron chi connectivity index (χ3n) is 1.10. The highest BCUT2D eigenvalue weighted by Gasteiger charge is 2.12. The summed E-state index contributed by atoms with van der Waals surface area (Å²) in [5, 5.41) is 9.41. The Morgan fingerprint density at radius 3 is 2.71 bits per heavy atom.